The fraction of sp³-hybridized carbons (Fsp3) is 0.364. The van der Waals surface area contributed by atoms with Crippen LogP contribution in [0.25, 0.3) is 17.1 Å². The molecule has 0 saturated carbocycles. The summed E-state index contributed by atoms with van der Waals surface area (Å²) < 4.78 is 35.4. The Hall–Kier alpha value is -3.36. The van der Waals surface area contributed by atoms with Crippen LogP contribution in [-0.4, -0.2) is 37.9 Å². The molecule has 1 fully saturated rings. The summed E-state index contributed by atoms with van der Waals surface area (Å²) in [5.74, 6) is 0.920. The first-order valence-electron chi connectivity index (χ1n) is 10.4. The molecular formula is C22H22F2N6O. The third-order valence-electron chi connectivity index (χ3n) is 5.66. The number of halogens is 2. The summed E-state index contributed by atoms with van der Waals surface area (Å²) in [7, 11) is 0. The zero-order chi connectivity index (χ0) is 21.5. The predicted octanol–water partition coefficient (Wildman–Crippen LogP) is 4.56. The maximum atomic E-state index is 14.3. The molecule has 9 heteroatoms. The molecule has 0 amide bonds. The summed E-state index contributed by atoms with van der Waals surface area (Å²) in [6.07, 6.45) is 5.15. The smallest absolute Gasteiger partial charge is 0.253 e. The van der Waals surface area contributed by atoms with Crippen molar-refractivity contribution >= 4 is 11.5 Å². The lowest BCUT2D eigenvalue weighted by molar-refractivity contribution is 0.479. The highest BCUT2D eigenvalue weighted by atomic mass is 19.1. The highest BCUT2D eigenvalue weighted by molar-refractivity contribution is 5.72. The van der Waals surface area contributed by atoms with Gasteiger partial charge in [0.2, 0.25) is 5.89 Å². The van der Waals surface area contributed by atoms with Gasteiger partial charge < -0.3 is 9.32 Å². The SMILES string of the molecule is CC(C)c1nnc(-c2cnn3ccc(N4CCCC(c5cc(F)ccc5F)C4)nc23)o1. The maximum Gasteiger partial charge on any atom is 0.253 e. The van der Waals surface area contributed by atoms with Crippen molar-refractivity contribution in [1.82, 2.24) is 24.8 Å². The highest BCUT2D eigenvalue weighted by Gasteiger charge is 2.26. The van der Waals surface area contributed by atoms with Crippen molar-refractivity contribution in [2.45, 2.75) is 38.5 Å². The van der Waals surface area contributed by atoms with Crippen molar-refractivity contribution in [3.8, 4) is 11.5 Å². The average Bonchev–Trinajstić information content (AvgIpc) is 3.42. The molecule has 1 atom stereocenters. The molecule has 4 aromatic rings. The lowest BCUT2D eigenvalue weighted by Crippen LogP contribution is -2.35. The molecule has 3 aromatic heterocycles. The Morgan fingerprint density at radius 3 is 2.84 bits per heavy atom. The molecule has 0 aliphatic carbocycles. The van der Waals surface area contributed by atoms with Crippen molar-refractivity contribution in [2.75, 3.05) is 18.0 Å². The summed E-state index contributed by atoms with van der Waals surface area (Å²) in [4.78, 5) is 6.89. The molecule has 4 heterocycles. The van der Waals surface area contributed by atoms with E-state index in [4.69, 9.17) is 9.40 Å². The second-order valence-electron chi connectivity index (χ2n) is 8.16. The van der Waals surface area contributed by atoms with E-state index in [-0.39, 0.29) is 17.7 Å². The van der Waals surface area contributed by atoms with Crippen LogP contribution in [0.15, 0.2) is 41.1 Å². The van der Waals surface area contributed by atoms with Crippen molar-refractivity contribution < 1.29 is 13.2 Å². The third-order valence-corrected chi connectivity index (χ3v) is 5.66. The van der Waals surface area contributed by atoms with Gasteiger partial charge in [-0.2, -0.15) is 5.10 Å². The summed E-state index contributed by atoms with van der Waals surface area (Å²) in [6.45, 7) is 5.32. The van der Waals surface area contributed by atoms with E-state index in [0.717, 1.165) is 31.3 Å². The van der Waals surface area contributed by atoms with Gasteiger partial charge in [-0.1, -0.05) is 13.8 Å². The fourth-order valence-corrected chi connectivity index (χ4v) is 4.03. The van der Waals surface area contributed by atoms with E-state index in [1.165, 1.54) is 12.1 Å². The van der Waals surface area contributed by atoms with Crippen LogP contribution in [0.4, 0.5) is 14.6 Å². The lowest BCUT2D eigenvalue weighted by Gasteiger charge is -2.34. The first-order chi connectivity index (χ1) is 15.0. The molecule has 31 heavy (non-hydrogen) atoms. The van der Waals surface area contributed by atoms with E-state index >= 15 is 0 Å². The quantitative estimate of drug-likeness (QED) is 0.478. The van der Waals surface area contributed by atoms with Gasteiger partial charge in [0.1, 0.15) is 23.0 Å². The minimum Gasteiger partial charge on any atom is -0.420 e. The first kappa shape index (κ1) is 19.6. The molecule has 0 N–H and O–H groups in total. The number of rotatable bonds is 4. The van der Waals surface area contributed by atoms with Crippen molar-refractivity contribution in [2.24, 2.45) is 0 Å². The highest BCUT2D eigenvalue weighted by Crippen LogP contribution is 2.32. The third kappa shape index (κ3) is 3.64. The van der Waals surface area contributed by atoms with Gasteiger partial charge in [0.25, 0.3) is 5.89 Å². The Labute approximate surface area is 177 Å². The van der Waals surface area contributed by atoms with Gasteiger partial charge in [-0.15, -0.1) is 10.2 Å². The van der Waals surface area contributed by atoms with Crippen LogP contribution >= 0.6 is 0 Å². The molecular weight excluding hydrogens is 402 g/mol. The van der Waals surface area contributed by atoms with Crippen LogP contribution in [0.2, 0.25) is 0 Å². The number of piperidine rings is 1. The maximum absolute atomic E-state index is 14.3. The molecule has 7 nitrogen and oxygen atoms in total. The largest absolute Gasteiger partial charge is 0.420 e. The monoisotopic (exact) mass is 424 g/mol. The van der Waals surface area contributed by atoms with Crippen molar-refractivity contribution in [3.05, 3.63) is 59.7 Å². The zero-order valence-electron chi connectivity index (χ0n) is 17.3. The molecule has 0 spiro atoms. The lowest BCUT2D eigenvalue weighted by atomic mass is 9.90. The minimum atomic E-state index is -0.419. The number of anilines is 1. The van der Waals surface area contributed by atoms with Gasteiger partial charge in [0, 0.05) is 31.1 Å². The van der Waals surface area contributed by atoms with Gasteiger partial charge in [0.15, 0.2) is 5.65 Å². The van der Waals surface area contributed by atoms with E-state index in [1.54, 1.807) is 10.7 Å². The second-order valence-corrected chi connectivity index (χ2v) is 8.16. The molecule has 1 aliphatic rings. The van der Waals surface area contributed by atoms with E-state index in [9.17, 15) is 8.78 Å². The number of benzene rings is 1. The van der Waals surface area contributed by atoms with Crippen LogP contribution in [0.1, 0.15) is 50.0 Å². The van der Waals surface area contributed by atoms with E-state index in [1.807, 2.05) is 26.1 Å². The Bertz CT molecular complexity index is 1230. The van der Waals surface area contributed by atoms with Crippen LogP contribution in [0.5, 0.6) is 0 Å². The van der Waals surface area contributed by atoms with Gasteiger partial charge in [-0.05, 0) is 42.7 Å². The van der Waals surface area contributed by atoms with Gasteiger partial charge in [-0.3, -0.25) is 0 Å². The first-order valence-corrected chi connectivity index (χ1v) is 10.4. The summed E-state index contributed by atoms with van der Waals surface area (Å²) in [5.41, 5.74) is 1.68. The number of aromatic nitrogens is 5. The molecule has 0 bridgehead atoms. The van der Waals surface area contributed by atoms with Crippen LogP contribution in [0, 0.1) is 11.6 Å². The minimum absolute atomic E-state index is 0.101. The zero-order valence-corrected chi connectivity index (χ0v) is 17.3. The number of hydrogen-bond donors (Lipinski definition) is 0. The standard InChI is InChI=1S/C22H22F2N6O/c1-13(2)21-27-28-22(31-21)17-11-25-30-9-7-19(26-20(17)30)29-8-3-4-14(12-29)16-10-15(23)5-6-18(16)24/h5-7,9-11,13-14H,3-4,8,12H2,1-2H3. The van der Waals surface area contributed by atoms with Crippen LogP contribution < -0.4 is 4.90 Å². The van der Waals surface area contributed by atoms with Gasteiger partial charge in [0.05, 0.1) is 6.20 Å². The topological polar surface area (TPSA) is 72.3 Å². The number of nitrogens with zero attached hydrogens (tertiary/aromatic N) is 6. The normalized spacial score (nSPS) is 17.1. The van der Waals surface area contributed by atoms with Crippen molar-refractivity contribution in [1.29, 1.82) is 0 Å². The molecule has 1 aliphatic heterocycles. The summed E-state index contributed by atoms with van der Waals surface area (Å²) >= 11 is 0. The summed E-state index contributed by atoms with van der Waals surface area (Å²) in [5, 5.41) is 12.6. The average molecular weight is 424 g/mol. The molecule has 5 rings (SSSR count). The van der Waals surface area contributed by atoms with Gasteiger partial charge in [-0.25, -0.2) is 18.3 Å². The Kier molecular flexibility index (Phi) is 4.88. The molecule has 160 valence electrons. The van der Waals surface area contributed by atoms with E-state index in [0.29, 0.717) is 35.1 Å². The fourth-order valence-electron chi connectivity index (χ4n) is 4.03. The Balaban J connectivity index is 1.46. The Morgan fingerprint density at radius 2 is 2.03 bits per heavy atom. The van der Waals surface area contributed by atoms with E-state index < -0.39 is 5.82 Å². The van der Waals surface area contributed by atoms with Crippen LogP contribution in [-0.2, 0) is 0 Å². The molecule has 1 aromatic carbocycles. The molecule has 0 radical (unpaired) electrons. The van der Waals surface area contributed by atoms with Crippen LogP contribution in [0.3, 0.4) is 0 Å². The van der Waals surface area contributed by atoms with E-state index in [2.05, 4.69) is 20.2 Å². The molecule has 1 saturated heterocycles. The number of fused-ring (bicyclic) bond motifs is 1. The Morgan fingerprint density at radius 1 is 1.16 bits per heavy atom. The summed E-state index contributed by atoms with van der Waals surface area (Å²) in [6, 6.07) is 5.53. The second kappa shape index (κ2) is 7.72. The van der Waals surface area contributed by atoms with Crippen molar-refractivity contribution in [3.63, 3.8) is 0 Å². The molecule has 1 unspecified atom stereocenters. The number of hydrogen-bond acceptors (Lipinski definition) is 6. The predicted molar refractivity (Wildman–Crippen MR) is 111 cm³/mol. The van der Waals surface area contributed by atoms with Gasteiger partial charge >= 0.3 is 0 Å².